The molecular formula is C27H38F2N2O5. The topological polar surface area (TPSA) is 90.7 Å². The van der Waals surface area contributed by atoms with Gasteiger partial charge in [-0.15, -0.1) is 10.1 Å². The minimum Gasteiger partial charge on any atom is -0.490 e. The Bertz CT molecular complexity index is 837. The average molecular weight is 509 g/mol. The zero-order valence-electron chi connectivity index (χ0n) is 20.8. The molecule has 2 rings (SSSR count). The molecule has 36 heavy (non-hydrogen) atoms. The van der Waals surface area contributed by atoms with E-state index in [0.29, 0.717) is 37.5 Å². The van der Waals surface area contributed by atoms with Crippen molar-refractivity contribution in [1.29, 1.82) is 0 Å². The second-order valence-corrected chi connectivity index (χ2v) is 9.20. The number of nitrogens with one attached hydrogen (secondary N) is 1. The smallest absolute Gasteiger partial charge is 0.294 e. The van der Waals surface area contributed by atoms with Crippen LogP contribution in [0.15, 0.2) is 54.6 Å². The first-order valence-corrected chi connectivity index (χ1v) is 12.7. The van der Waals surface area contributed by atoms with E-state index in [9.17, 15) is 23.7 Å². The van der Waals surface area contributed by atoms with Crippen molar-refractivity contribution in [1.82, 2.24) is 5.32 Å². The average Bonchev–Trinajstić information content (AvgIpc) is 3.33. The van der Waals surface area contributed by atoms with Crippen LogP contribution in [0.5, 0.6) is 5.75 Å². The first-order chi connectivity index (χ1) is 17.4. The highest BCUT2D eigenvalue weighted by atomic mass is 19.2. The Morgan fingerprint density at radius 2 is 2.00 bits per heavy atom. The number of rotatable bonds is 18. The molecule has 1 aliphatic rings. The normalized spacial score (nSPS) is 19.4. The number of amides is 1. The largest absolute Gasteiger partial charge is 0.490 e. The van der Waals surface area contributed by atoms with Crippen molar-refractivity contribution in [3.8, 4) is 5.75 Å². The molecule has 3 atom stereocenters. The van der Waals surface area contributed by atoms with E-state index >= 15 is 0 Å². The third-order valence-corrected chi connectivity index (χ3v) is 6.27. The molecular weight excluding hydrogens is 470 g/mol. The summed E-state index contributed by atoms with van der Waals surface area (Å²) >= 11 is 0. The summed E-state index contributed by atoms with van der Waals surface area (Å²) in [7, 11) is 0. The van der Waals surface area contributed by atoms with Crippen molar-refractivity contribution in [2.45, 2.75) is 63.5 Å². The Balaban J connectivity index is 1.62. The van der Waals surface area contributed by atoms with Crippen LogP contribution in [-0.2, 0) is 9.63 Å². The second kappa shape index (κ2) is 16.7. The summed E-state index contributed by atoms with van der Waals surface area (Å²) in [5, 5.41) is 12.0. The van der Waals surface area contributed by atoms with E-state index in [1.165, 1.54) is 6.08 Å². The lowest BCUT2D eigenvalue weighted by atomic mass is 9.91. The Morgan fingerprint density at radius 1 is 1.19 bits per heavy atom. The van der Waals surface area contributed by atoms with Gasteiger partial charge in [-0.1, -0.05) is 42.8 Å². The van der Waals surface area contributed by atoms with Gasteiger partial charge in [0.15, 0.2) is 5.67 Å². The van der Waals surface area contributed by atoms with Crippen molar-refractivity contribution in [3.05, 3.63) is 64.8 Å². The fourth-order valence-electron chi connectivity index (χ4n) is 4.21. The highest BCUT2D eigenvalue weighted by Gasteiger charge is 2.30. The van der Waals surface area contributed by atoms with Gasteiger partial charge in [0, 0.05) is 13.0 Å². The van der Waals surface area contributed by atoms with Gasteiger partial charge in [-0.3, -0.25) is 4.79 Å². The highest BCUT2D eigenvalue weighted by Crippen LogP contribution is 2.36. The van der Waals surface area contributed by atoms with Crippen molar-refractivity contribution in [3.63, 3.8) is 0 Å². The third kappa shape index (κ3) is 12.1. The number of nitrogens with zero attached hydrogens (tertiary/aromatic N) is 1. The number of halogens is 2. The Hall–Kier alpha value is -2.97. The first kappa shape index (κ1) is 29.3. The van der Waals surface area contributed by atoms with Crippen LogP contribution in [0.3, 0.4) is 0 Å². The molecule has 1 saturated carbocycles. The summed E-state index contributed by atoms with van der Waals surface area (Å²) in [6, 6.07) is 8.84. The van der Waals surface area contributed by atoms with E-state index in [0.717, 1.165) is 38.5 Å². The van der Waals surface area contributed by atoms with E-state index in [-0.39, 0.29) is 25.0 Å². The van der Waals surface area contributed by atoms with Gasteiger partial charge < -0.3 is 14.9 Å². The molecule has 1 amide bonds. The predicted molar refractivity (Wildman–Crippen MR) is 135 cm³/mol. The van der Waals surface area contributed by atoms with Gasteiger partial charge in [-0.05, 0) is 75.0 Å². The Morgan fingerprint density at radius 3 is 2.75 bits per heavy atom. The number of ether oxygens (including phenoxy) is 1. The molecule has 1 N–H and O–H groups in total. The number of hydrogen-bond acceptors (Lipinski definition) is 5. The molecule has 0 aromatic heterocycles. The fraction of sp³-hybridized carbons (Fsp3) is 0.593. The molecule has 1 aromatic rings. The van der Waals surface area contributed by atoms with Crippen LogP contribution in [-0.4, -0.2) is 43.1 Å². The summed E-state index contributed by atoms with van der Waals surface area (Å²) in [5.74, 6) is 1.11. The molecule has 200 valence electrons. The minimum absolute atomic E-state index is 0.0293. The van der Waals surface area contributed by atoms with Gasteiger partial charge in [0.1, 0.15) is 19.0 Å². The number of carbonyl (C=O) groups excluding carboxylic acids is 1. The zero-order valence-corrected chi connectivity index (χ0v) is 20.8. The van der Waals surface area contributed by atoms with E-state index in [1.54, 1.807) is 24.3 Å². The maximum Gasteiger partial charge on any atom is 0.294 e. The van der Waals surface area contributed by atoms with E-state index in [4.69, 9.17) is 4.74 Å². The quantitative estimate of drug-likeness (QED) is 0.115. The van der Waals surface area contributed by atoms with Crippen LogP contribution in [0.4, 0.5) is 8.78 Å². The summed E-state index contributed by atoms with van der Waals surface area (Å²) in [4.78, 5) is 26.1. The lowest BCUT2D eigenvalue weighted by molar-refractivity contribution is -0.757. The third-order valence-electron chi connectivity index (χ3n) is 6.27. The number of para-hydroxylation sites is 1. The van der Waals surface area contributed by atoms with E-state index < -0.39 is 17.4 Å². The molecule has 0 saturated heterocycles. The van der Waals surface area contributed by atoms with Crippen LogP contribution >= 0.6 is 0 Å². The van der Waals surface area contributed by atoms with Crippen LogP contribution < -0.4 is 10.1 Å². The molecule has 0 aliphatic heterocycles. The molecule has 0 heterocycles. The molecule has 0 bridgehead atoms. The number of allylic oxidation sites excluding steroid dienone is 3. The van der Waals surface area contributed by atoms with Crippen LogP contribution in [0.1, 0.15) is 57.8 Å². The van der Waals surface area contributed by atoms with Gasteiger partial charge in [0.05, 0.1) is 6.61 Å². The standard InChI is InChI=1S/C27H38F2N2O5/c28-21-27(29,22-35-25-14-5-3-6-15-25)18-17-24-13-10-12-23(24)11-4-1-2-7-16-26(32)30-19-8-9-20-36-31(33)34/h1,3-6,14-15,17-18,23-24H,2,7-13,16,19-22H2,(H,30,32)/b4-1-,18-17+. The van der Waals surface area contributed by atoms with Gasteiger partial charge in [-0.2, -0.15) is 0 Å². The number of benzene rings is 1. The highest BCUT2D eigenvalue weighted by molar-refractivity contribution is 5.75. The summed E-state index contributed by atoms with van der Waals surface area (Å²) in [5.41, 5.74) is -2.14. The van der Waals surface area contributed by atoms with Crippen molar-refractivity contribution in [2.24, 2.45) is 11.8 Å². The van der Waals surface area contributed by atoms with E-state index in [2.05, 4.69) is 22.3 Å². The maximum absolute atomic E-state index is 14.9. The predicted octanol–water partition coefficient (Wildman–Crippen LogP) is 5.94. The summed E-state index contributed by atoms with van der Waals surface area (Å²) in [6.45, 7) is -0.964. The van der Waals surface area contributed by atoms with Crippen molar-refractivity contribution < 1.29 is 28.2 Å². The number of unbranched alkanes of at least 4 members (excludes halogenated alkanes) is 2. The number of alkyl halides is 2. The van der Waals surface area contributed by atoms with E-state index in [1.807, 2.05) is 12.1 Å². The SMILES string of the molecule is O=C(CCC/C=C\CC1CCCC1/C=C/C(F)(CF)COc1ccccc1)NCCCCO[N+](=O)[O-]. The lowest BCUT2D eigenvalue weighted by Crippen LogP contribution is -2.31. The molecule has 9 heteroatoms. The fourth-order valence-corrected chi connectivity index (χ4v) is 4.21. The molecule has 3 unspecified atom stereocenters. The molecule has 0 radical (unpaired) electrons. The lowest BCUT2D eigenvalue weighted by Gasteiger charge is -2.20. The van der Waals surface area contributed by atoms with Crippen molar-refractivity contribution in [2.75, 3.05) is 26.4 Å². The molecule has 1 aromatic carbocycles. The monoisotopic (exact) mass is 508 g/mol. The Labute approximate surface area is 212 Å². The molecule has 0 spiro atoms. The number of hydrogen-bond donors (Lipinski definition) is 1. The Kier molecular flexibility index (Phi) is 13.5. The van der Waals surface area contributed by atoms with Gasteiger partial charge in [0.2, 0.25) is 5.91 Å². The second-order valence-electron chi connectivity index (χ2n) is 9.20. The maximum atomic E-state index is 14.9. The minimum atomic E-state index is -2.14. The molecule has 7 nitrogen and oxygen atoms in total. The summed E-state index contributed by atoms with van der Waals surface area (Å²) in [6.07, 6.45) is 14.5. The molecule has 1 fully saturated rings. The van der Waals surface area contributed by atoms with Gasteiger partial charge >= 0.3 is 0 Å². The van der Waals surface area contributed by atoms with Gasteiger partial charge in [-0.25, -0.2) is 8.78 Å². The molecule has 1 aliphatic carbocycles. The van der Waals surface area contributed by atoms with Crippen molar-refractivity contribution >= 4 is 5.91 Å². The number of carbonyl (C=O) groups is 1. The van der Waals surface area contributed by atoms with Crippen LogP contribution in [0.2, 0.25) is 0 Å². The van der Waals surface area contributed by atoms with Crippen LogP contribution in [0, 0.1) is 22.0 Å². The zero-order chi connectivity index (χ0) is 26.1. The summed E-state index contributed by atoms with van der Waals surface area (Å²) < 4.78 is 33.8. The van der Waals surface area contributed by atoms with Crippen LogP contribution in [0.25, 0.3) is 0 Å². The van der Waals surface area contributed by atoms with Gasteiger partial charge in [0.25, 0.3) is 5.09 Å². The first-order valence-electron chi connectivity index (χ1n) is 12.7.